The molecule has 2 aromatic heterocycles. The molecule has 0 saturated carbocycles. The first-order valence-corrected chi connectivity index (χ1v) is 7.21. The van der Waals surface area contributed by atoms with Gasteiger partial charge in [0.15, 0.2) is 5.65 Å². The second kappa shape index (κ2) is 6.19. The third kappa shape index (κ3) is 3.08. The van der Waals surface area contributed by atoms with Crippen LogP contribution < -0.4 is 10.6 Å². The van der Waals surface area contributed by atoms with E-state index >= 15 is 0 Å². The number of piperidine rings is 1. The van der Waals surface area contributed by atoms with Crippen LogP contribution in [0.1, 0.15) is 18.7 Å². The molecule has 1 saturated heterocycles. The van der Waals surface area contributed by atoms with Crippen LogP contribution in [0.15, 0.2) is 12.1 Å². The molecule has 0 aromatic carbocycles. The van der Waals surface area contributed by atoms with Gasteiger partial charge in [-0.25, -0.2) is 9.97 Å². The lowest BCUT2D eigenvalue weighted by molar-refractivity contribution is 0.0343. The van der Waals surface area contributed by atoms with Gasteiger partial charge in [-0.15, -0.1) is 0 Å². The monoisotopic (exact) mass is 275 g/mol. The Balaban J connectivity index is 1.57. The number of hydrogen-bond donors (Lipinski definition) is 3. The molecule has 1 aliphatic heterocycles. The molecule has 2 aromatic rings. The summed E-state index contributed by atoms with van der Waals surface area (Å²) in [7, 11) is 1.86. The van der Waals surface area contributed by atoms with Gasteiger partial charge in [0.1, 0.15) is 11.6 Å². The van der Waals surface area contributed by atoms with Gasteiger partial charge >= 0.3 is 0 Å². The van der Waals surface area contributed by atoms with Gasteiger partial charge in [0, 0.05) is 13.5 Å². The van der Waals surface area contributed by atoms with Gasteiger partial charge in [0.25, 0.3) is 0 Å². The molecule has 0 unspecified atom stereocenters. The van der Waals surface area contributed by atoms with E-state index in [1.54, 1.807) is 0 Å². The lowest BCUT2D eigenvalue weighted by atomic mass is 10.1. The number of fused-ring (bicyclic) bond motifs is 1. The molecule has 1 aliphatic rings. The van der Waals surface area contributed by atoms with Crippen LogP contribution in [0.2, 0.25) is 0 Å². The normalized spacial score (nSPS) is 16.6. The van der Waals surface area contributed by atoms with Crippen molar-refractivity contribution >= 4 is 17.0 Å². The summed E-state index contributed by atoms with van der Waals surface area (Å²) < 4.78 is 5.90. The first kappa shape index (κ1) is 13.3. The maximum absolute atomic E-state index is 5.90. The van der Waals surface area contributed by atoms with Crippen molar-refractivity contribution in [3.63, 3.8) is 0 Å². The van der Waals surface area contributed by atoms with Crippen LogP contribution in [0.4, 0.5) is 5.82 Å². The van der Waals surface area contributed by atoms with E-state index in [1.165, 1.54) is 0 Å². The van der Waals surface area contributed by atoms with Crippen molar-refractivity contribution in [1.29, 1.82) is 0 Å². The topological polar surface area (TPSA) is 74.9 Å². The number of H-pyrrole nitrogens is 1. The largest absolute Gasteiger partial charge is 0.378 e. The molecule has 6 nitrogen and oxygen atoms in total. The maximum atomic E-state index is 5.90. The zero-order chi connectivity index (χ0) is 13.8. The molecule has 0 bridgehead atoms. The van der Waals surface area contributed by atoms with Gasteiger partial charge in [-0.3, -0.25) is 0 Å². The maximum Gasteiger partial charge on any atom is 0.179 e. The van der Waals surface area contributed by atoms with Crippen LogP contribution in [0.5, 0.6) is 0 Å². The lowest BCUT2D eigenvalue weighted by Crippen LogP contribution is -2.32. The van der Waals surface area contributed by atoms with Gasteiger partial charge in [0.05, 0.1) is 18.2 Å². The van der Waals surface area contributed by atoms with E-state index in [-0.39, 0.29) is 0 Å². The Kier molecular flexibility index (Phi) is 4.13. The molecule has 0 spiro atoms. The minimum atomic E-state index is 0.398. The first-order valence-electron chi connectivity index (χ1n) is 7.21. The number of rotatable bonds is 5. The molecule has 0 aliphatic carbocycles. The van der Waals surface area contributed by atoms with Crippen molar-refractivity contribution in [2.24, 2.45) is 0 Å². The van der Waals surface area contributed by atoms with Crippen molar-refractivity contribution in [2.45, 2.75) is 25.4 Å². The summed E-state index contributed by atoms with van der Waals surface area (Å²) in [5.41, 5.74) is 1.73. The van der Waals surface area contributed by atoms with Crippen LogP contribution in [0.3, 0.4) is 0 Å². The van der Waals surface area contributed by atoms with E-state index in [1.807, 2.05) is 19.2 Å². The Morgan fingerprint density at radius 2 is 2.15 bits per heavy atom. The Morgan fingerprint density at radius 3 is 2.95 bits per heavy atom. The summed E-state index contributed by atoms with van der Waals surface area (Å²) in [4.78, 5) is 12.2. The smallest absolute Gasteiger partial charge is 0.179 e. The molecule has 108 valence electrons. The number of nitrogens with one attached hydrogen (secondary N) is 3. The van der Waals surface area contributed by atoms with E-state index in [0.29, 0.717) is 12.7 Å². The summed E-state index contributed by atoms with van der Waals surface area (Å²) in [5.74, 6) is 1.77. The molecule has 3 N–H and O–H groups in total. The molecule has 3 heterocycles. The Labute approximate surface area is 118 Å². The van der Waals surface area contributed by atoms with Crippen LogP contribution in [0, 0.1) is 0 Å². The van der Waals surface area contributed by atoms with Crippen LogP contribution in [-0.2, 0) is 11.2 Å². The summed E-state index contributed by atoms with van der Waals surface area (Å²) in [6.07, 6.45) is 3.41. The summed E-state index contributed by atoms with van der Waals surface area (Å²) in [6, 6.07) is 3.94. The van der Waals surface area contributed by atoms with Gasteiger partial charge < -0.3 is 20.4 Å². The zero-order valence-electron chi connectivity index (χ0n) is 11.8. The molecule has 1 fully saturated rings. The minimum Gasteiger partial charge on any atom is -0.378 e. The highest BCUT2D eigenvalue weighted by molar-refractivity contribution is 5.72. The van der Waals surface area contributed by atoms with E-state index in [0.717, 1.165) is 55.2 Å². The number of ether oxygens (including phenoxy) is 1. The van der Waals surface area contributed by atoms with E-state index in [4.69, 9.17) is 4.74 Å². The lowest BCUT2D eigenvalue weighted by Gasteiger charge is -2.22. The van der Waals surface area contributed by atoms with E-state index in [2.05, 4.69) is 25.6 Å². The average molecular weight is 275 g/mol. The molecule has 20 heavy (non-hydrogen) atoms. The molecular weight excluding hydrogens is 254 g/mol. The van der Waals surface area contributed by atoms with E-state index < -0.39 is 0 Å². The fourth-order valence-electron chi connectivity index (χ4n) is 2.48. The molecular formula is C14H21N5O. The number of pyridine rings is 1. The summed E-state index contributed by atoms with van der Waals surface area (Å²) >= 11 is 0. The second-order valence-corrected chi connectivity index (χ2v) is 5.07. The number of anilines is 1. The number of imidazole rings is 1. The van der Waals surface area contributed by atoms with Crippen molar-refractivity contribution in [3.05, 3.63) is 18.0 Å². The predicted molar refractivity (Wildman–Crippen MR) is 79.0 cm³/mol. The number of hydrogen-bond acceptors (Lipinski definition) is 5. The van der Waals surface area contributed by atoms with Crippen LogP contribution in [0.25, 0.3) is 11.2 Å². The fraction of sp³-hybridized carbons (Fsp3) is 0.571. The van der Waals surface area contributed by atoms with Crippen molar-refractivity contribution in [2.75, 3.05) is 32.1 Å². The van der Waals surface area contributed by atoms with Crippen molar-refractivity contribution < 1.29 is 4.74 Å². The van der Waals surface area contributed by atoms with Crippen molar-refractivity contribution in [1.82, 2.24) is 20.3 Å². The van der Waals surface area contributed by atoms with E-state index in [9.17, 15) is 0 Å². The third-order valence-electron chi connectivity index (χ3n) is 3.63. The van der Waals surface area contributed by atoms with Gasteiger partial charge in [-0.2, -0.15) is 0 Å². The molecule has 0 radical (unpaired) electrons. The summed E-state index contributed by atoms with van der Waals surface area (Å²) in [6.45, 7) is 2.83. The molecule has 0 amide bonds. The van der Waals surface area contributed by atoms with Gasteiger partial charge in [0.2, 0.25) is 0 Å². The van der Waals surface area contributed by atoms with Gasteiger partial charge in [-0.05, 0) is 38.1 Å². The molecule has 3 rings (SSSR count). The zero-order valence-corrected chi connectivity index (χ0v) is 11.8. The summed E-state index contributed by atoms with van der Waals surface area (Å²) in [5, 5.41) is 6.36. The van der Waals surface area contributed by atoms with Crippen LogP contribution >= 0.6 is 0 Å². The standard InChI is InChI=1S/C14H21N5O/c1-15-12-3-2-11-14(18-12)19-13(17-11)6-9-20-10-4-7-16-8-5-10/h2-3,10,16H,4-9H2,1H3,(H2,15,17,18,19). The number of aromatic amines is 1. The second-order valence-electron chi connectivity index (χ2n) is 5.07. The third-order valence-corrected chi connectivity index (χ3v) is 3.63. The Hall–Kier alpha value is -1.66. The first-order chi connectivity index (χ1) is 9.85. The Morgan fingerprint density at radius 1 is 1.30 bits per heavy atom. The average Bonchev–Trinajstić information content (AvgIpc) is 2.90. The minimum absolute atomic E-state index is 0.398. The SMILES string of the molecule is CNc1ccc2[nH]c(CCOC3CCNCC3)nc2n1. The fourth-order valence-corrected chi connectivity index (χ4v) is 2.48. The highest BCUT2D eigenvalue weighted by Crippen LogP contribution is 2.13. The van der Waals surface area contributed by atoms with Crippen molar-refractivity contribution in [3.8, 4) is 0 Å². The Bertz CT molecular complexity index is 562. The van der Waals surface area contributed by atoms with Gasteiger partial charge in [-0.1, -0.05) is 0 Å². The predicted octanol–water partition coefficient (Wildman–Crippen LogP) is 1.31. The number of nitrogens with zero attached hydrogens (tertiary/aromatic N) is 2. The highest BCUT2D eigenvalue weighted by atomic mass is 16.5. The molecule has 6 heteroatoms. The number of aromatic nitrogens is 3. The highest BCUT2D eigenvalue weighted by Gasteiger charge is 2.13. The molecule has 0 atom stereocenters. The quantitative estimate of drug-likeness (QED) is 0.767. The van der Waals surface area contributed by atoms with Crippen LogP contribution in [-0.4, -0.2) is 47.8 Å².